The molecule has 0 aliphatic heterocycles. The highest BCUT2D eigenvalue weighted by Crippen LogP contribution is 2.55. The quantitative estimate of drug-likeness (QED) is 0.0220. The van der Waals surface area contributed by atoms with E-state index in [2.05, 4.69) is 294 Å². The third-order valence-electron chi connectivity index (χ3n) is 27.1. The van der Waals surface area contributed by atoms with Crippen molar-refractivity contribution < 1.29 is 52.8 Å². The van der Waals surface area contributed by atoms with Gasteiger partial charge in [-0.15, -0.1) is 0 Å². The van der Waals surface area contributed by atoms with Gasteiger partial charge in [-0.05, 0) is 285 Å². The Hall–Kier alpha value is -10.4. The van der Waals surface area contributed by atoms with Gasteiger partial charge in [0.1, 0.15) is 46.9 Å². The molecule has 4 aliphatic carbocycles. The third-order valence-corrected chi connectivity index (χ3v) is 27.1. The van der Waals surface area contributed by atoms with E-state index in [1.165, 1.54) is 101 Å². The fourth-order valence-electron chi connectivity index (χ4n) is 17.6. The lowest BCUT2D eigenvalue weighted by Gasteiger charge is -2.39. The number of allylic oxidation sites excluding steroid dienone is 2. The van der Waals surface area contributed by atoms with Crippen LogP contribution in [-0.2, 0) is 18.9 Å². The largest absolute Gasteiger partial charge is 0.508 e. The minimum atomic E-state index is -0.369. The van der Waals surface area contributed by atoms with E-state index in [0.29, 0.717) is 90.5 Å². The molecule has 0 radical (unpaired) electrons. The molecule has 2 bridgehead atoms. The normalized spacial score (nSPS) is 17.6. The molecule has 4 aliphatic rings. The maximum atomic E-state index is 9.01. The van der Waals surface area contributed by atoms with Gasteiger partial charge in [-0.1, -0.05) is 335 Å². The highest BCUT2D eigenvalue weighted by atomic mass is 16.7. The van der Waals surface area contributed by atoms with Gasteiger partial charge in [-0.25, -0.2) is 0 Å². The van der Waals surface area contributed by atoms with Crippen molar-refractivity contribution in [1.82, 2.24) is 0 Å². The van der Waals surface area contributed by atoms with E-state index >= 15 is 0 Å². The van der Waals surface area contributed by atoms with Crippen molar-refractivity contribution in [3.8, 4) is 73.6 Å². The first-order valence-electron chi connectivity index (χ1n) is 49.7. The van der Waals surface area contributed by atoms with Crippen LogP contribution < -0.4 is 23.7 Å². The Morgan fingerprint density at radius 3 is 1.09 bits per heavy atom. The maximum Gasteiger partial charge on any atom is 0.206 e. The summed E-state index contributed by atoms with van der Waals surface area (Å²) in [5.74, 6) is 11.2. The molecule has 11 nitrogen and oxygen atoms in total. The number of hydrogen-bond acceptors (Lipinski definition) is 11. The first-order chi connectivity index (χ1) is 63.8. The van der Waals surface area contributed by atoms with Crippen LogP contribution in [-0.4, -0.2) is 67.9 Å². The zero-order valence-corrected chi connectivity index (χ0v) is 83.0. The Kier molecular flexibility index (Phi) is 42.0. The molecule has 11 heteroatoms. The van der Waals surface area contributed by atoms with E-state index in [1.54, 1.807) is 24.3 Å². The van der Waals surface area contributed by atoms with E-state index < -0.39 is 0 Å². The predicted molar refractivity (Wildman–Crippen MR) is 549 cm³/mol. The van der Waals surface area contributed by atoms with E-state index in [0.717, 1.165) is 96.1 Å². The van der Waals surface area contributed by atoms with E-state index in [9.17, 15) is 0 Å². The van der Waals surface area contributed by atoms with Gasteiger partial charge in [0.25, 0.3) is 0 Å². The lowest BCUT2D eigenvalue weighted by molar-refractivity contribution is -0.180. The van der Waals surface area contributed by atoms with Gasteiger partial charge >= 0.3 is 0 Å². The van der Waals surface area contributed by atoms with Crippen LogP contribution in [0.2, 0.25) is 0 Å². The first-order valence-corrected chi connectivity index (χ1v) is 49.7. The standard InChI is InChI=1S/C32H34O3.C26H28O2.C22H32O2.C21H34O2.2C10H14O/c1-4-24(2)26-18-20-29(21-19-26)35-25(3)33-22-23-34-32-30(27-12-7-5-8-13-27)16-11-17-31(32)28-14-9-6-10-15-28;1-4-18(2)20-13-15-21(16-14-20)28-19(3)27-17-26-24-11-7-5-9-22(24)23-10-6-8-12-25(23)26;1-6-16(4)18-8-11-20(12-9-18)24-21(23-15(2)3)22(5)14-17-7-10-19(22)13-17;1-5-17(4)18-11-13-20(14-12-18)23-21(22-15-16(2)3)19-9-7-6-8-10-19;2*1-3-8(2)9-4-6-10(11)7-5-9/h5-21,24-25H,4,22-23H2,1-3H3;5-16,18-19,26H,4,17H2,1-3H3;7-12,15-17,19,21H,6,13-14H2,1-5H3;11-14,16-17,19,21H,5-10,15H2,1-4H3;2*4-8,11H,3H2,1-2H3. The maximum absolute atomic E-state index is 9.01. The highest BCUT2D eigenvalue weighted by molar-refractivity contribution is 5.83. The van der Waals surface area contributed by atoms with Crippen molar-refractivity contribution in [3.63, 3.8) is 0 Å². The summed E-state index contributed by atoms with van der Waals surface area (Å²) >= 11 is 0. The summed E-state index contributed by atoms with van der Waals surface area (Å²) in [6.07, 6.45) is 19.7. The molecule has 13 atom stereocenters. The topological polar surface area (TPSA) is 124 Å². The van der Waals surface area contributed by atoms with Crippen LogP contribution in [0.4, 0.5) is 0 Å². The molecular weight excluding hydrogens is 1630 g/mol. The number of rotatable bonds is 37. The van der Waals surface area contributed by atoms with Crippen LogP contribution in [0.15, 0.2) is 285 Å². The lowest BCUT2D eigenvalue weighted by Crippen LogP contribution is -2.43. The van der Waals surface area contributed by atoms with Gasteiger partial charge in [-0.3, -0.25) is 0 Å². The van der Waals surface area contributed by atoms with Crippen LogP contribution in [0.3, 0.4) is 0 Å². The summed E-state index contributed by atoms with van der Waals surface area (Å²) in [5, 5.41) is 18.0. The molecule has 2 fully saturated rings. The number of fused-ring (bicyclic) bond motifs is 5. The van der Waals surface area contributed by atoms with Crippen LogP contribution in [0.1, 0.15) is 301 Å². The van der Waals surface area contributed by atoms with Crippen molar-refractivity contribution in [2.45, 2.75) is 288 Å². The molecule has 0 spiro atoms. The van der Waals surface area contributed by atoms with E-state index in [4.69, 9.17) is 52.8 Å². The monoisotopic (exact) mass is 1790 g/mol. The van der Waals surface area contributed by atoms with Gasteiger partial charge < -0.3 is 52.8 Å². The molecule has 0 saturated heterocycles. The summed E-state index contributed by atoms with van der Waals surface area (Å²) in [6.45, 7) is 43.6. The zero-order valence-electron chi connectivity index (χ0n) is 83.0. The molecule has 11 aromatic rings. The molecule has 2 saturated carbocycles. The van der Waals surface area contributed by atoms with Gasteiger partial charge in [0.15, 0.2) is 12.6 Å². The number of ether oxygens (including phenoxy) is 9. The Bertz CT molecular complexity index is 4930. The van der Waals surface area contributed by atoms with Crippen molar-refractivity contribution in [1.29, 1.82) is 0 Å². The van der Waals surface area contributed by atoms with Gasteiger partial charge in [0, 0.05) is 28.4 Å². The second kappa shape index (κ2) is 53.5. The van der Waals surface area contributed by atoms with Crippen molar-refractivity contribution in [2.24, 2.45) is 29.1 Å². The average Bonchev–Trinajstić information content (AvgIpc) is 1.73. The molecular formula is C121H156O11. The number of para-hydroxylation sites is 1. The third kappa shape index (κ3) is 31.1. The second-order valence-electron chi connectivity index (χ2n) is 37.8. The number of aromatic hydroxyl groups is 2. The molecule has 11 aromatic carbocycles. The SMILES string of the molecule is CCC(C)c1ccc(O)cc1.CCC(C)c1ccc(O)cc1.CCC(C)c1ccc(OC(C)OCC2c3ccccc3-c3ccccc32)cc1.CCC(C)c1ccc(OC(C)OCCOc2c(-c3ccccc3)cccc2-c2ccccc2)cc1.CCC(C)c1ccc(OC(OC(C)C)C2(C)CC3C=CC2C3)cc1.CCC(C)c1ccc(OC(OCC(C)C)C2CCCCC2)cc1. The van der Waals surface area contributed by atoms with Crippen molar-refractivity contribution in [3.05, 3.63) is 330 Å². The molecule has 13 unspecified atom stereocenters. The van der Waals surface area contributed by atoms with Crippen LogP contribution in [0.25, 0.3) is 33.4 Å². The first kappa shape index (κ1) is 104. The molecule has 0 heterocycles. The zero-order chi connectivity index (χ0) is 94.5. The molecule has 0 aromatic heterocycles. The Labute approximate surface area is 794 Å². The summed E-state index contributed by atoms with van der Waals surface area (Å²) in [7, 11) is 0. The number of hydrogen-bond donors (Lipinski definition) is 2. The van der Waals surface area contributed by atoms with Crippen LogP contribution in [0.5, 0.6) is 40.2 Å². The second-order valence-corrected chi connectivity index (χ2v) is 37.8. The Balaban J connectivity index is 0.000000171. The molecule has 706 valence electrons. The predicted octanol–water partition coefficient (Wildman–Crippen LogP) is 33.0. The van der Waals surface area contributed by atoms with E-state index in [-0.39, 0.29) is 42.6 Å². The minimum absolute atomic E-state index is 0.0685. The van der Waals surface area contributed by atoms with Crippen LogP contribution >= 0.6 is 0 Å². The van der Waals surface area contributed by atoms with E-state index in [1.807, 2.05) is 98.8 Å². The number of phenolic OH excluding ortho intramolecular Hbond substituents is 2. The highest BCUT2D eigenvalue weighted by Gasteiger charge is 2.52. The Morgan fingerprint density at radius 2 is 0.720 bits per heavy atom. The van der Waals surface area contributed by atoms with Crippen molar-refractivity contribution >= 4 is 0 Å². The summed E-state index contributed by atoms with van der Waals surface area (Å²) in [6, 6.07) is 92.9. The van der Waals surface area contributed by atoms with Gasteiger partial charge in [-0.2, -0.15) is 0 Å². The lowest BCUT2D eigenvalue weighted by atomic mass is 9.77. The Morgan fingerprint density at radius 1 is 0.356 bits per heavy atom. The van der Waals surface area contributed by atoms with Crippen LogP contribution in [0, 0.1) is 29.1 Å². The minimum Gasteiger partial charge on any atom is -0.508 e. The number of phenols is 2. The van der Waals surface area contributed by atoms with Gasteiger partial charge in [0.05, 0.1) is 25.9 Å². The molecule has 132 heavy (non-hydrogen) atoms. The molecule has 0 amide bonds. The smallest absolute Gasteiger partial charge is 0.206 e. The number of benzene rings is 11. The summed E-state index contributed by atoms with van der Waals surface area (Å²) < 4.78 is 55.3. The average molecular weight is 1790 g/mol. The fraction of sp³-hybridized carbons (Fsp3) is 0.438. The summed E-state index contributed by atoms with van der Waals surface area (Å²) in [5.41, 5.74) is 17.8. The van der Waals surface area contributed by atoms with Gasteiger partial charge in [0.2, 0.25) is 12.6 Å². The summed E-state index contributed by atoms with van der Waals surface area (Å²) in [4.78, 5) is 0. The molecule has 2 N–H and O–H groups in total. The fourth-order valence-corrected chi connectivity index (χ4v) is 17.6. The molecule has 15 rings (SSSR count). The van der Waals surface area contributed by atoms with Crippen molar-refractivity contribution in [2.75, 3.05) is 26.4 Å².